The lowest BCUT2D eigenvalue weighted by atomic mass is 9.80. The Kier molecular flexibility index (Phi) is 4.17. The van der Waals surface area contributed by atoms with E-state index in [0.29, 0.717) is 0 Å². The van der Waals surface area contributed by atoms with Gasteiger partial charge in [0.05, 0.1) is 0 Å². The summed E-state index contributed by atoms with van der Waals surface area (Å²) >= 11 is 0. The zero-order chi connectivity index (χ0) is 17.3. The van der Waals surface area contributed by atoms with Gasteiger partial charge >= 0.3 is 6.61 Å². The molecular formula is C17H17BF2N2O2. The van der Waals surface area contributed by atoms with Gasteiger partial charge in [0.1, 0.15) is 20.2 Å². The highest BCUT2D eigenvalue weighted by molar-refractivity contribution is 6.32. The first-order valence-corrected chi connectivity index (χ1v) is 7.52. The average Bonchev–Trinajstić information content (AvgIpc) is 2.90. The number of aryl methyl sites for hydroxylation is 1. The topological polar surface area (TPSA) is 56.8 Å². The summed E-state index contributed by atoms with van der Waals surface area (Å²) < 4.78 is 34.7. The quantitative estimate of drug-likeness (QED) is 0.863. The molecule has 1 aliphatic rings. The molecule has 0 spiro atoms. The van der Waals surface area contributed by atoms with Gasteiger partial charge in [0.15, 0.2) is 5.54 Å². The molecule has 124 valence electrons. The maximum Gasteiger partial charge on any atom is 0.387 e. The number of rotatable bonds is 4. The molecule has 2 aromatic carbocycles. The van der Waals surface area contributed by atoms with E-state index in [1.54, 1.807) is 12.1 Å². The molecule has 0 saturated carbocycles. The maximum atomic E-state index is 12.4. The predicted molar refractivity (Wildman–Crippen MR) is 90.8 cm³/mol. The molecule has 0 radical (unpaired) electrons. The number of nitrogens with two attached hydrogens (primary N) is 1. The third-order valence-electron chi connectivity index (χ3n) is 4.09. The second kappa shape index (κ2) is 6.15. The van der Waals surface area contributed by atoms with Gasteiger partial charge in [0.2, 0.25) is 0 Å². The van der Waals surface area contributed by atoms with Crippen molar-refractivity contribution in [2.45, 2.75) is 19.1 Å². The lowest BCUT2D eigenvalue weighted by Gasteiger charge is -2.27. The van der Waals surface area contributed by atoms with Crippen molar-refractivity contribution in [1.29, 1.82) is 0 Å². The summed E-state index contributed by atoms with van der Waals surface area (Å²) in [6.45, 7) is -0.766. The van der Waals surface area contributed by atoms with Crippen molar-refractivity contribution in [2.24, 2.45) is 10.7 Å². The van der Waals surface area contributed by atoms with Gasteiger partial charge in [-0.2, -0.15) is 8.78 Å². The van der Waals surface area contributed by atoms with Gasteiger partial charge < -0.3 is 15.2 Å². The molecule has 1 heterocycles. The van der Waals surface area contributed by atoms with E-state index < -0.39 is 12.2 Å². The molecule has 1 unspecified atom stereocenters. The first-order chi connectivity index (χ1) is 11.4. The number of hydrogen-bond acceptors (Lipinski definition) is 4. The van der Waals surface area contributed by atoms with Gasteiger partial charge in [-0.05, 0) is 35.7 Å². The van der Waals surface area contributed by atoms with Crippen LogP contribution in [0.15, 0.2) is 47.5 Å². The Bertz CT molecular complexity index is 798. The van der Waals surface area contributed by atoms with E-state index >= 15 is 0 Å². The molecule has 0 saturated heterocycles. The number of hydrogen-bond donors (Lipinski definition) is 1. The highest BCUT2D eigenvalue weighted by Gasteiger charge is 2.41. The van der Waals surface area contributed by atoms with Gasteiger partial charge in [0, 0.05) is 0 Å². The van der Waals surface area contributed by atoms with Crippen LogP contribution >= 0.6 is 0 Å². The van der Waals surface area contributed by atoms with Crippen molar-refractivity contribution in [3.63, 3.8) is 0 Å². The number of benzene rings is 2. The van der Waals surface area contributed by atoms with Crippen molar-refractivity contribution in [3.8, 4) is 5.75 Å². The molecule has 2 aromatic rings. The Morgan fingerprint density at radius 1 is 1.29 bits per heavy atom. The lowest BCUT2D eigenvalue weighted by molar-refractivity contribution is -0.0498. The largest absolute Gasteiger partial charge is 0.462 e. The molecule has 1 aliphatic heterocycles. The smallest absolute Gasteiger partial charge is 0.387 e. The van der Waals surface area contributed by atoms with Crippen LogP contribution in [0.3, 0.4) is 0 Å². The molecule has 7 heteroatoms. The van der Waals surface area contributed by atoms with E-state index in [-0.39, 0.29) is 18.4 Å². The number of ether oxygens (including phenoxy) is 2. The number of halogens is 2. The summed E-state index contributed by atoms with van der Waals surface area (Å²) in [6.07, 6.45) is 0. The Morgan fingerprint density at radius 3 is 2.67 bits per heavy atom. The Labute approximate surface area is 139 Å². The minimum absolute atomic E-state index is 0.113. The van der Waals surface area contributed by atoms with Crippen LogP contribution in [-0.4, -0.2) is 27.1 Å². The zero-order valence-corrected chi connectivity index (χ0v) is 13.4. The zero-order valence-electron chi connectivity index (χ0n) is 13.4. The molecule has 0 aromatic heterocycles. The Hall–Kier alpha value is -2.57. The number of nitrogens with zero attached hydrogens (tertiary/aromatic N) is 1. The van der Waals surface area contributed by atoms with Gasteiger partial charge in [-0.25, -0.2) is 4.99 Å². The predicted octanol–water partition coefficient (Wildman–Crippen LogP) is 1.44. The van der Waals surface area contributed by atoms with E-state index in [1.165, 1.54) is 6.07 Å². The van der Waals surface area contributed by atoms with E-state index in [0.717, 1.165) is 22.2 Å². The lowest BCUT2D eigenvalue weighted by Crippen LogP contribution is -2.29. The van der Waals surface area contributed by atoms with Crippen LogP contribution in [0, 0.1) is 6.92 Å². The number of amidine groups is 1. The van der Waals surface area contributed by atoms with Gasteiger partial charge in [-0.1, -0.05) is 35.8 Å². The molecule has 1 atom stereocenters. The van der Waals surface area contributed by atoms with Crippen molar-refractivity contribution >= 4 is 19.3 Å². The summed E-state index contributed by atoms with van der Waals surface area (Å²) in [7, 11) is 1.99. The molecule has 24 heavy (non-hydrogen) atoms. The highest BCUT2D eigenvalue weighted by Crippen LogP contribution is 2.39. The van der Waals surface area contributed by atoms with Crippen LogP contribution in [0.1, 0.15) is 16.7 Å². The van der Waals surface area contributed by atoms with E-state index in [1.807, 2.05) is 39.0 Å². The van der Waals surface area contributed by atoms with E-state index in [4.69, 9.17) is 10.5 Å². The number of alkyl halides is 2. The molecule has 2 N–H and O–H groups in total. The monoisotopic (exact) mass is 330 g/mol. The average molecular weight is 330 g/mol. The first-order valence-electron chi connectivity index (χ1n) is 7.52. The van der Waals surface area contributed by atoms with Crippen LogP contribution < -0.4 is 15.9 Å². The molecule has 4 nitrogen and oxygen atoms in total. The first kappa shape index (κ1) is 16.3. The van der Waals surface area contributed by atoms with Crippen molar-refractivity contribution in [1.82, 2.24) is 0 Å². The summed E-state index contributed by atoms with van der Waals surface area (Å²) in [6, 6.07) is 12.9. The second-order valence-corrected chi connectivity index (χ2v) is 5.82. The highest BCUT2D eigenvalue weighted by atomic mass is 19.3. The minimum atomic E-state index is -2.86. The molecule has 3 rings (SSSR count). The number of aliphatic imine (C=N–C) groups is 1. The molecular weight excluding hydrogens is 313 g/mol. The van der Waals surface area contributed by atoms with Crippen LogP contribution in [0.2, 0.25) is 0 Å². The molecule has 0 amide bonds. The fraction of sp³-hybridized carbons (Fsp3) is 0.235. The van der Waals surface area contributed by atoms with Gasteiger partial charge in [-0.15, -0.1) is 0 Å². The third-order valence-corrected chi connectivity index (χ3v) is 4.09. The van der Waals surface area contributed by atoms with Crippen LogP contribution in [0.25, 0.3) is 0 Å². The third kappa shape index (κ3) is 2.94. The maximum absolute atomic E-state index is 12.4. The van der Waals surface area contributed by atoms with Gasteiger partial charge in [-0.3, -0.25) is 0 Å². The summed E-state index contributed by atoms with van der Waals surface area (Å²) in [5.41, 5.74) is 8.63. The standard InChI is InChI=1S/C17H17BF2N2O2/c1-10-7-13(24-15(19)20)5-6-14(10)17(9-23-16(21)22-17)11-3-2-4-12(18)8-11/h2-8,15H,9,18H2,1H3,(H2,21,22). The van der Waals surface area contributed by atoms with E-state index in [9.17, 15) is 8.78 Å². The van der Waals surface area contributed by atoms with Crippen LogP contribution in [0.4, 0.5) is 8.78 Å². The van der Waals surface area contributed by atoms with E-state index in [2.05, 4.69) is 9.73 Å². The normalized spacial score (nSPS) is 19.9. The van der Waals surface area contributed by atoms with Crippen molar-refractivity contribution < 1.29 is 18.3 Å². The summed E-state index contributed by atoms with van der Waals surface area (Å²) in [5.74, 6) is 0.113. The second-order valence-electron chi connectivity index (χ2n) is 5.82. The summed E-state index contributed by atoms with van der Waals surface area (Å²) in [5, 5.41) is 0. The van der Waals surface area contributed by atoms with Crippen LogP contribution in [0.5, 0.6) is 5.75 Å². The SMILES string of the molecule is Bc1cccc(C2(c3ccc(OC(F)F)cc3C)COC(N)=N2)c1. The fourth-order valence-electron chi connectivity index (χ4n) is 3.05. The fourth-order valence-corrected chi connectivity index (χ4v) is 3.05. The van der Waals surface area contributed by atoms with Crippen molar-refractivity contribution in [2.75, 3.05) is 6.61 Å². The van der Waals surface area contributed by atoms with Gasteiger partial charge in [0.25, 0.3) is 6.02 Å². The molecule has 0 fully saturated rings. The van der Waals surface area contributed by atoms with Crippen molar-refractivity contribution in [3.05, 3.63) is 59.2 Å². The minimum Gasteiger partial charge on any atom is -0.462 e. The molecule has 0 bridgehead atoms. The Morgan fingerprint density at radius 2 is 2.08 bits per heavy atom. The Balaban J connectivity index is 2.11. The summed E-state index contributed by atoms with van der Waals surface area (Å²) in [4.78, 5) is 4.54. The van der Waals surface area contributed by atoms with Crippen LogP contribution in [-0.2, 0) is 10.3 Å². The molecule has 0 aliphatic carbocycles.